The molecule has 2 heterocycles. The Kier molecular flexibility index (Phi) is 5.16. The summed E-state index contributed by atoms with van der Waals surface area (Å²) in [5, 5.41) is 3.83. The molecule has 6 heteroatoms. The summed E-state index contributed by atoms with van der Waals surface area (Å²) in [6.07, 6.45) is 1.92. The van der Waals surface area contributed by atoms with Gasteiger partial charge in [0.05, 0.1) is 11.3 Å². The predicted octanol–water partition coefficient (Wildman–Crippen LogP) is 4.61. The molecule has 3 aromatic rings. The number of benzene rings is 3. The van der Waals surface area contributed by atoms with Crippen molar-refractivity contribution in [1.29, 1.82) is 0 Å². The summed E-state index contributed by atoms with van der Waals surface area (Å²) in [5.41, 5.74) is 2.34. The molecular weight excluding hydrogens is 395 g/mol. The number of rotatable bonds is 4. The Morgan fingerprint density at radius 3 is 2.61 bits per heavy atom. The molecule has 1 saturated heterocycles. The topological polar surface area (TPSA) is 58.6 Å². The predicted molar refractivity (Wildman–Crippen MR) is 117 cm³/mol. The molecule has 1 fully saturated rings. The van der Waals surface area contributed by atoms with Gasteiger partial charge in [-0.3, -0.25) is 9.59 Å². The van der Waals surface area contributed by atoms with Crippen LogP contribution in [0.2, 0.25) is 0 Å². The lowest BCUT2D eigenvalue weighted by molar-refractivity contribution is 0.0469. The van der Waals surface area contributed by atoms with E-state index in [1.807, 2.05) is 17.0 Å². The van der Waals surface area contributed by atoms with Crippen LogP contribution in [0.25, 0.3) is 10.8 Å². The fourth-order valence-corrected chi connectivity index (χ4v) is 4.56. The van der Waals surface area contributed by atoms with Crippen LogP contribution in [0, 0.1) is 11.7 Å². The smallest absolute Gasteiger partial charge is 0.256 e. The Morgan fingerprint density at radius 2 is 1.81 bits per heavy atom. The molecule has 0 radical (unpaired) electrons. The Balaban J connectivity index is 1.40. The number of fused-ring (bicyclic) bond motifs is 2. The Labute approximate surface area is 179 Å². The first-order valence-corrected chi connectivity index (χ1v) is 10.6. The molecule has 5 nitrogen and oxygen atoms in total. The molecule has 31 heavy (non-hydrogen) atoms. The van der Waals surface area contributed by atoms with E-state index in [0.717, 1.165) is 31.6 Å². The number of nitrogens with zero attached hydrogens (tertiary/aromatic N) is 1. The van der Waals surface area contributed by atoms with Gasteiger partial charge in [0.15, 0.2) is 0 Å². The van der Waals surface area contributed by atoms with E-state index in [1.165, 1.54) is 12.1 Å². The minimum Gasteiger partial charge on any atom is -0.381 e. The summed E-state index contributed by atoms with van der Waals surface area (Å²) in [6.45, 7) is 2.74. The molecule has 0 spiro atoms. The van der Waals surface area contributed by atoms with Crippen LogP contribution in [0.15, 0.2) is 54.6 Å². The molecule has 2 aliphatic heterocycles. The first-order chi connectivity index (χ1) is 15.1. The third-order valence-electron chi connectivity index (χ3n) is 6.20. The minimum absolute atomic E-state index is 0.0543. The lowest BCUT2D eigenvalue weighted by atomic mass is 10.00. The number of carbonyl (C=O) groups excluding carboxylic acids is 2. The highest BCUT2D eigenvalue weighted by molar-refractivity contribution is 6.15. The summed E-state index contributed by atoms with van der Waals surface area (Å²) in [6, 6.07) is 15.2. The quantitative estimate of drug-likeness (QED) is 0.673. The van der Waals surface area contributed by atoms with Gasteiger partial charge < -0.3 is 15.0 Å². The molecule has 0 atom stereocenters. The second-order valence-electron chi connectivity index (χ2n) is 8.18. The zero-order valence-corrected chi connectivity index (χ0v) is 17.1. The van der Waals surface area contributed by atoms with E-state index in [9.17, 15) is 14.0 Å². The van der Waals surface area contributed by atoms with Crippen molar-refractivity contribution in [3.63, 3.8) is 0 Å². The van der Waals surface area contributed by atoms with E-state index >= 15 is 0 Å². The average molecular weight is 418 g/mol. The van der Waals surface area contributed by atoms with E-state index < -0.39 is 0 Å². The Bertz CT molecular complexity index is 1170. The number of halogens is 1. The highest BCUT2D eigenvalue weighted by Crippen LogP contribution is 2.32. The van der Waals surface area contributed by atoms with Gasteiger partial charge in [-0.1, -0.05) is 36.4 Å². The van der Waals surface area contributed by atoms with E-state index in [-0.39, 0.29) is 17.6 Å². The number of carbonyl (C=O) groups is 2. The van der Waals surface area contributed by atoms with Crippen molar-refractivity contribution in [1.82, 2.24) is 4.90 Å². The monoisotopic (exact) mass is 418 g/mol. The van der Waals surface area contributed by atoms with Crippen LogP contribution in [0.5, 0.6) is 0 Å². The summed E-state index contributed by atoms with van der Waals surface area (Å²) >= 11 is 0. The summed E-state index contributed by atoms with van der Waals surface area (Å²) in [7, 11) is 0. The summed E-state index contributed by atoms with van der Waals surface area (Å²) < 4.78 is 19.6. The first kappa shape index (κ1) is 19.7. The van der Waals surface area contributed by atoms with Gasteiger partial charge in [0, 0.05) is 37.3 Å². The van der Waals surface area contributed by atoms with Gasteiger partial charge in [0.1, 0.15) is 5.82 Å². The Hall–Kier alpha value is -3.25. The van der Waals surface area contributed by atoms with Crippen LogP contribution >= 0.6 is 0 Å². The largest absolute Gasteiger partial charge is 0.381 e. The van der Waals surface area contributed by atoms with Gasteiger partial charge >= 0.3 is 0 Å². The lowest BCUT2D eigenvalue weighted by Crippen LogP contribution is -2.32. The molecule has 158 valence electrons. The van der Waals surface area contributed by atoms with E-state index in [1.54, 1.807) is 30.3 Å². The summed E-state index contributed by atoms with van der Waals surface area (Å²) in [5.74, 6) is -0.344. The fraction of sp³-hybridized carbons (Fsp3) is 0.280. The third kappa shape index (κ3) is 3.68. The molecule has 1 N–H and O–H groups in total. The standard InChI is InChI=1S/C25H23FN2O3/c26-21-9-8-20(18-5-1-2-6-19(18)21)24(29)27-22-7-3-4-17-15-28(25(30)23(17)22)14-16-10-12-31-13-11-16/h1-9,16H,10-15H2,(H,27,29). The van der Waals surface area contributed by atoms with Gasteiger partial charge in [-0.05, 0) is 47.9 Å². The number of ether oxygens (including phenoxy) is 1. The molecule has 2 amide bonds. The van der Waals surface area contributed by atoms with E-state index in [2.05, 4.69) is 5.32 Å². The zero-order chi connectivity index (χ0) is 21.4. The summed E-state index contributed by atoms with van der Waals surface area (Å²) in [4.78, 5) is 28.1. The maximum absolute atomic E-state index is 14.1. The van der Waals surface area contributed by atoms with Gasteiger partial charge in [0.2, 0.25) is 0 Å². The van der Waals surface area contributed by atoms with Crippen LogP contribution in [0.4, 0.5) is 10.1 Å². The molecule has 2 aliphatic rings. The molecule has 0 aliphatic carbocycles. The van der Waals surface area contributed by atoms with Crippen LogP contribution < -0.4 is 5.32 Å². The van der Waals surface area contributed by atoms with Gasteiger partial charge in [-0.15, -0.1) is 0 Å². The second kappa shape index (κ2) is 8.12. The highest BCUT2D eigenvalue weighted by atomic mass is 19.1. The highest BCUT2D eigenvalue weighted by Gasteiger charge is 2.32. The van der Waals surface area contributed by atoms with Crippen molar-refractivity contribution in [2.45, 2.75) is 19.4 Å². The van der Waals surface area contributed by atoms with Crippen molar-refractivity contribution >= 4 is 28.3 Å². The van der Waals surface area contributed by atoms with E-state index in [4.69, 9.17) is 4.74 Å². The van der Waals surface area contributed by atoms with Crippen molar-refractivity contribution in [3.05, 3.63) is 77.1 Å². The molecule has 0 unspecified atom stereocenters. The van der Waals surface area contributed by atoms with Crippen molar-refractivity contribution < 1.29 is 18.7 Å². The van der Waals surface area contributed by atoms with Crippen molar-refractivity contribution in [2.24, 2.45) is 5.92 Å². The number of hydrogen-bond acceptors (Lipinski definition) is 3. The zero-order valence-electron chi connectivity index (χ0n) is 17.1. The van der Waals surface area contributed by atoms with Crippen LogP contribution in [0.3, 0.4) is 0 Å². The van der Waals surface area contributed by atoms with Crippen molar-refractivity contribution in [3.8, 4) is 0 Å². The van der Waals surface area contributed by atoms with E-state index in [0.29, 0.717) is 46.6 Å². The van der Waals surface area contributed by atoms with Crippen LogP contribution in [0.1, 0.15) is 39.1 Å². The molecule has 3 aromatic carbocycles. The van der Waals surface area contributed by atoms with Crippen molar-refractivity contribution in [2.75, 3.05) is 25.1 Å². The van der Waals surface area contributed by atoms with Gasteiger partial charge in [0.25, 0.3) is 11.8 Å². The normalized spacial score (nSPS) is 16.5. The number of anilines is 1. The van der Waals surface area contributed by atoms with Gasteiger partial charge in [-0.25, -0.2) is 4.39 Å². The fourth-order valence-electron chi connectivity index (χ4n) is 4.56. The molecule has 0 saturated carbocycles. The minimum atomic E-state index is -0.369. The molecule has 5 rings (SSSR count). The number of nitrogens with one attached hydrogen (secondary N) is 1. The maximum Gasteiger partial charge on any atom is 0.256 e. The molecule has 0 aromatic heterocycles. The first-order valence-electron chi connectivity index (χ1n) is 10.6. The van der Waals surface area contributed by atoms with Gasteiger partial charge in [-0.2, -0.15) is 0 Å². The third-order valence-corrected chi connectivity index (χ3v) is 6.20. The lowest BCUT2D eigenvalue weighted by Gasteiger charge is -2.26. The second-order valence-corrected chi connectivity index (χ2v) is 8.18. The SMILES string of the molecule is O=C(Nc1cccc2c1C(=O)N(CC1CCOCC1)C2)c1ccc(F)c2ccccc12. The average Bonchev–Trinajstić information content (AvgIpc) is 3.11. The maximum atomic E-state index is 14.1. The van der Waals surface area contributed by atoms with Crippen LogP contribution in [-0.2, 0) is 11.3 Å². The Morgan fingerprint density at radius 1 is 1.03 bits per heavy atom. The molecule has 0 bridgehead atoms. The number of amides is 2. The number of hydrogen-bond donors (Lipinski definition) is 1. The van der Waals surface area contributed by atoms with Crippen LogP contribution in [-0.4, -0.2) is 36.5 Å². The molecular formula is C25H23FN2O3.